The zero-order valence-electron chi connectivity index (χ0n) is 11.6. The Morgan fingerprint density at radius 3 is 2.74 bits per heavy atom. The lowest BCUT2D eigenvalue weighted by Gasteiger charge is -2.28. The molecule has 0 bridgehead atoms. The monoisotopic (exact) mass is 328 g/mol. The summed E-state index contributed by atoms with van der Waals surface area (Å²) < 4.78 is 0.948. The van der Waals surface area contributed by atoms with Crippen LogP contribution in [0.5, 0.6) is 0 Å². The Bertz CT molecular complexity index is 451. The van der Waals surface area contributed by atoms with Gasteiger partial charge in [-0.15, -0.1) is 0 Å². The molecule has 0 aliphatic carbocycles. The quantitative estimate of drug-likeness (QED) is 0.775. The second-order valence-electron chi connectivity index (χ2n) is 4.96. The van der Waals surface area contributed by atoms with E-state index in [0.29, 0.717) is 0 Å². The molecule has 0 radical (unpaired) electrons. The molecule has 0 saturated heterocycles. The fraction of sp³-hybridized carbons (Fsp3) is 0.500. The number of carbonyl (C=O) groups is 1. The van der Waals surface area contributed by atoms with Crippen LogP contribution in [0, 0.1) is 6.92 Å². The highest BCUT2D eigenvalue weighted by Crippen LogP contribution is 2.23. The minimum absolute atomic E-state index is 0.0777. The number of aliphatic hydroxyl groups is 1. The van der Waals surface area contributed by atoms with Crippen LogP contribution in [0.25, 0.3) is 0 Å². The molecule has 0 fully saturated rings. The van der Waals surface area contributed by atoms with Crippen molar-refractivity contribution < 1.29 is 9.90 Å². The fourth-order valence-corrected chi connectivity index (χ4v) is 2.27. The summed E-state index contributed by atoms with van der Waals surface area (Å²) in [6.07, 6.45) is 1.63. The van der Waals surface area contributed by atoms with Crippen molar-refractivity contribution in [1.29, 1.82) is 0 Å². The largest absolute Gasteiger partial charge is 0.394 e. The molecule has 1 aromatic carbocycles. The smallest absolute Gasteiger partial charge is 0.319 e. The van der Waals surface area contributed by atoms with E-state index in [-0.39, 0.29) is 12.6 Å². The second-order valence-corrected chi connectivity index (χ2v) is 5.81. The van der Waals surface area contributed by atoms with Crippen molar-refractivity contribution in [3.05, 3.63) is 28.2 Å². The lowest BCUT2D eigenvalue weighted by atomic mass is 9.98. The third kappa shape index (κ3) is 4.51. The van der Waals surface area contributed by atoms with Gasteiger partial charge in [0.2, 0.25) is 0 Å². The van der Waals surface area contributed by atoms with E-state index in [1.165, 1.54) is 0 Å². The number of urea groups is 1. The maximum Gasteiger partial charge on any atom is 0.319 e. The Kier molecular flexibility index (Phi) is 5.82. The molecule has 1 atom stereocenters. The number of amides is 2. The molecule has 0 saturated carbocycles. The van der Waals surface area contributed by atoms with Gasteiger partial charge < -0.3 is 15.7 Å². The second kappa shape index (κ2) is 6.91. The van der Waals surface area contributed by atoms with E-state index in [1.807, 2.05) is 39.0 Å². The van der Waals surface area contributed by atoms with Gasteiger partial charge in [0.05, 0.1) is 12.1 Å². The Balaban J connectivity index is 2.72. The molecule has 2 amide bonds. The molecule has 1 aromatic rings. The van der Waals surface area contributed by atoms with Crippen LogP contribution in [0.15, 0.2) is 22.7 Å². The summed E-state index contributed by atoms with van der Waals surface area (Å²) in [5.41, 5.74) is 1.14. The SMILES string of the molecule is CCCC(C)(CO)NC(=O)Nc1cccc(Br)c1C. The minimum atomic E-state index is -0.585. The van der Waals surface area contributed by atoms with E-state index in [2.05, 4.69) is 26.6 Å². The number of hydrogen-bond donors (Lipinski definition) is 3. The number of nitrogens with one attached hydrogen (secondary N) is 2. The first kappa shape index (κ1) is 16.0. The van der Waals surface area contributed by atoms with Gasteiger partial charge in [0.25, 0.3) is 0 Å². The van der Waals surface area contributed by atoms with Crippen LogP contribution in [-0.2, 0) is 0 Å². The molecule has 106 valence electrons. The number of hydrogen-bond acceptors (Lipinski definition) is 2. The van der Waals surface area contributed by atoms with Gasteiger partial charge >= 0.3 is 6.03 Å². The average Bonchev–Trinajstić information content (AvgIpc) is 2.35. The van der Waals surface area contributed by atoms with E-state index in [4.69, 9.17) is 0 Å². The summed E-state index contributed by atoms with van der Waals surface area (Å²) in [7, 11) is 0. The summed E-state index contributed by atoms with van der Waals surface area (Å²) in [4.78, 5) is 12.0. The highest BCUT2D eigenvalue weighted by Gasteiger charge is 2.24. The Morgan fingerprint density at radius 2 is 2.16 bits per heavy atom. The molecule has 0 aromatic heterocycles. The highest BCUT2D eigenvalue weighted by atomic mass is 79.9. The van der Waals surface area contributed by atoms with Crippen molar-refractivity contribution in [2.45, 2.75) is 39.2 Å². The molecular formula is C14H21BrN2O2. The molecule has 19 heavy (non-hydrogen) atoms. The van der Waals surface area contributed by atoms with Crippen molar-refractivity contribution in [3.8, 4) is 0 Å². The van der Waals surface area contributed by atoms with Gasteiger partial charge in [0.15, 0.2) is 0 Å². The Labute approximate surface area is 122 Å². The molecule has 4 nitrogen and oxygen atoms in total. The molecule has 1 unspecified atom stereocenters. The number of halogens is 1. The zero-order chi connectivity index (χ0) is 14.5. The van der Waals surface area contributed by atoms with Crippen LogP contribution >= 0.6 is 15.9 Å². The van der Waals surface area contributed by atoms with Gasteiger partial charge in [-0.1, -0.05) is 35.3 Å². The first-order valence-corrected chi connectivity index (χ1v) is 7.16. The summed E-state index contributed by atoms with van der Waals surface area (Å²) in [5.74, 6) is 0. The van der Waals surface area contributed by atoms with E-state index < -0.39 is 5.54 Å². The summed E-state index contributed by atoms with van der Waals surface area (Å²) in [5, 5.41) is 15.0. The lowest BCUT2D eigenvalue weighted by Crippen LogP contribution is -2.50. The first-order chi connectivity index (χ1) is 8.91. The molecule has 3 N–H and O–H groups in total. The van der Waals surface area contributed by atoms with Crippen LogP contribution in [0.3, 0.4) is 0 Å². The summed E-state index contributed by atoms with van der Waals surface area (Å²) >= 11 is 3.42. The maximum atomic E-state index is 12.0. The molecule has 5 heteroatoms. The van der Waals surface area contributed by atoms with Crippen LogP contribution in [-0.4, -0.2) is 23.3 Å². The summed E-state index contributed by atoms with van der Waals surface area (Å²) in [6.45, 7) is 5.71. The van der Waals surface area contributed by atoms with Gasteiger partial charge in [-0.3, -0.25) is 0 Å². The van der Waals surface area contributed by atoms with Crippen LogP contribution in [0.4, 0.5) is 10.5 Å². The lowest BCUT2D eigenvalue weighted by molar-refractivity contribution is 0.167. The number of aliphatic hydroxyl groups excluding tert-OH is 1. The summed E-state index contributed by atoms with van der Waals surface area (Å²) in [6, 6.07) is 5.33. The molecule has 0 spiro atoms. The van der Waals surface area contributed by atoms with Gasteiger partial charge in [-0.05, 0) is 38.0 Å². The van der Waals surface area contributed by atoms with Gasteiger partial charge in [0.1, 0.15) is 0 Å². The average molecular weight is 329 g/mol. The van der Waals surface area contributed by atoms with Crippen molar-refractivity contribution in [2.24, 2.45) is 0 Å². The maximum absolute atomic E-state index is 12.0. The molecule has 0 heterocycles. The number of carbonyl (C=O) groups excluding carboxylic acids is 1. The normalized spacial score (nSPS) is 13.7. The van der Waals surface area contributed by atoms with Crippen LogP contribution < -0.4 is 10.6 Å². The zero-order valence-corrected chi connectivity index (χ0v) is 13.2. The molecule has 0 aliphatic rings. The predicted octanol–water partition coefficient (Wildman–Crippen LogP) is 3.43. The van der Waals surface area contributed by atoms with Crippen molar-refractivity contribution >= 4 is 27.6 Å². The first-order valence-electron chi connectivity index (χ1n) is 6.37. The standard InChI is InChI=1S/C14H21BrN2O2/c1-4-8-14(3,9-18)17-13(19)16-12-7-5-6-11(15)10(12)2/h5-7,18H,4,8-9H2,1-3H3,(H2,16,17,19). The van der Waals surface area contributed by atoms with Crippen molar-refractivity contribution in [1.82, 2.24) is 5.32 Å². The Hall–Kier alpha value is -1.07. The van der Waals surface area contributed by atoms with Crippen LogP contribution in [0.2, 0.25) is 0 Å². The topological polar surface area (TPSA) is 61.4 Å². The van der Waals surface area contributed by atoms with Crippen LogP contribution in [0.1, 0.15) is 32.3 Å². The number of rotatable bonds is 5. The third-order valence-electron chi connectivity index (χ3n) is 3.08. The van der Waals surface area contributed by atoms with Gasteiger partial charge in [-0.2, -0.15) is 0 Å². The fourth-order valence-electron chi connectivity index (χ4n) is 1.90. The number of benzene rings is 1. The van der Waals surface area contributed by atoms with E-state index in [0.717, 1.165) is 28.6 Å². The van der Waals surface area contributed by atoms with E-state index in [1.54, 1.807) is 0 Å². The molecule has 0 aliphatic heterocycles. The van der Waals surface area contributed by atoms with Gasteiger partial charge in [0, 0.05) is 10.2 Å². The predicted molar refractivity (Wildman–Crippen MR) is 81.4 cm³/mol. The molecule has 1 rings (SSSR count). The van der Waals surface area contributed by atoms with E-state index >= 15 is 0 Å². The van der Waals surface area contributed by atoms with Gasteiger partial charge in [-0.25, -0.2) is 4.79 Å². The molecular weight excluding hydrogens is 308 g/mol. The minimum Gasteiger partial charge on any atom is -0.394 e. The Morgan fingerprint density at radius 1 is 1.47 bits per heavy atom. The highest BCUT2D eigenvalue weighted by molar-refractivity contribution is 9.10. The van der Waals surface area contributed by atoms with Crippen molar-refractivity contribution in [3.63, 3.8) is 0 Å². The van der Waals surface area contributed by atoms with E-state index in [9.17, 15) is 9.90 Å². The third-order valence-corrected chi connectivity index (χ3v) is 3.94. The number of anilines is 1. The van der Waals surface area contributed by atoms with Crippen molar-refractivity contribution in [2.75, 3.05) is 11.9 Å².